The quantitative estimate of drug-likeness (QED) is 0.287. The maximum Gasteiger partial charge on any atom is 0.494 e. The molecule has 0 bridgehead atoms. The molecule has 1 fully saturated rings. The van der Waals surface area contributed by atoms with Crippen molar-refractivity contribution in [1.29, 1.82) is 0 Å². The zero-order valence-electron chi connectivity index (χ0n) is 20.1. The van der Waals surface area contributed by atoms with Gasteiger partial charge < -0.3 is 13.9 Å². The van der Waals surface area contributed by atoms with Crippen LogP contribution in [0.2, 0.25) is 0 Å². The summed E-state index contributed by atoms with van der Waals surface area (Å²) in [7, 11) is -0.359. The zero-order chi connectivity index (χ0) is 23.5. The summed E-state index contributed by atoms with van der Waals surface area (Å²) in [5.41, 5.74) is 6.29. The summed E-state index contributed by atoms with van der Waals surface area (Å²) in [6.45, 7) is 8.35. The standard InChI is InChI=1S/C30H28BNO2/c1-29(2)30(3,4)34-31(33-29)23-15-17-24(18-16-23)32-27-13-9-8-12-25(27)26-19-14-22(20-28(26)32)21-10-6-5-7-11-21/h5-20H,1-4H3. The fraction of sp³-hybridized carbons (Fsp3) is 0.200. The molecule has 0 N–H and O–H groups in total. The van der Waals surface area contributed by atoms with Gasteiger partial charge in [0.2, 0.25) is 0 Å². The van der Waals surface area contributed by atoms with Crippen molar-refractivity contribution >= 4 is 34.4 Å². The maximum absolute atomic E-state index is 6.26. The van der Waals surface area contributed by atoms with Gasteiger partial charge in [0.05, 0.1) is 22.2 Å². The van der Waals surface area contributed by atoms with Crippen LogP contribution in [0.4, 0.5) is 0 Å². The van der Waals surface area contributed by atoms with Crippen LogP contribution >= 0.6 is 0 Å². The van der Waals surface area contributed by atoms with Crippen LogP contribution in [0, 0.1) is 0 Å². The lowest BCUT2D eigenvalue weighted by molar-refractivity contribution is 0.00578. The highest BCUT2D eigenvalue weighted by Crippen LogP contribution is 2.37. The van der Waals surface area contributed by atoms with E-state index in [9.17, 15) is 0 Å². The van der Waals surface area contributed by atoms with Crippen LogP contribution in [-0.4, -0.2) is 22.9 Å². The number of fused-ring (bicyclic) bond motifs is 3. The Hall–Kier alpha value is -3.34. The molecule has 0 amide bonds. The highest BCUT2D eigenvalue weighted by atomic mass is 16.7. The zero-order valence-corrected chi connectivity index (χ0v) is 20.1. The first kappa shape index (κ1) is 21.2. The third-order valence-corrected chi connectivity index (χ3v) is 7.46. The molecule has 6 rings (SSSR count). The molecule has 1 aliphatic rings. The first-order chi connectivity index (χ1) is 16.3. The molecule has 4 heteroatoms. The second-order valence-electron chi connectivity index (χ2n) is 10.1. The van der Waals surface area contributed by atoms with Gasteiger partial charge in [-0.05, 0) is 68.6 Å². The van der Waals surface area contributed by atoms with E-state index in [1.54, 1.807) is 0 Å². The number of benzene rings is 4. The van der Waals surface area contributed by atoms with Crippen molar-refractivity contribution in [3.8, 4) is 16.8 Å². The number of nitrogens with zero attached hydrogens (tertiary/aromatic N) is 1. The van der Waals surface area contributed by atoms with Gasteiger partial charge in [-0.15, -0.1) is 0 Å². The highest BCUT2D eigenvalue weighted by Gasteiger charge is 2.51. The summed E-state index contributed by atoms with van der Waals surface area (Å²) in [6.07, 6.45) is 0. The molecule has 0 radical (unpaired) electrons. The topological polar surface area (TPSA) is 23.4 Å². The van der Waals surface area contributed by atoms with Crippen LogP contribution in [-0.2, 0) is 9.31 Å². The van der Waals surface area contributed by atoms with Crippen molar-refractivity contribution in [2.24, 2.45) is 0 Å². The second kappa shape index (κ2) is 7.59. The van der Waals surface area contributed by atoms with Crippen LogP contribution in [0.1, 0.15) is 27.7 Å². The van der Waals surface area contributed by atoms with Crippen LogP contribution in [0.25, 0.3) is 38.6 Å². The average Bonchev–Trinajstić information content (AvgIpc) is 3.29. The molecule has 0 spiro atoms. The molecule has 0 saturated carbocycles. The van der Waals surface area contributed by atoms with Crippen LogP contribution in [0.3, 0.4) is 0 Å². The smallest absolute Gasteiger partial charge is 0.399 e. The molecule has 0 unspecified atom stereocenters. The average molecular weight is 445 g/mol. The van der Waals surface area contributed by atoms with Gasteiger partial charge in [0.15, 0.2) is 0 Å². The van der Waals surface area contributed by atoms with E-state index in [0.29, 0.717) is 0 Å². The van der Waals surface area contributed by atoms with E-state index >= 15 is 0 Å². The third kappa shape index (κ3) is 3.29. The first-order valence-electron chi connectivity index (χ1n) is 11.9. The molecule has 1 aliphatic heterocycles. The van der Waals surface area contributed by atoms with Crippen molar-refractivity contribution in [3.05, 3.63) is 97.1 Å². The highest BCUT2D eigenvalue weighted by molar-refractivity contribution is 6.62. The molecular weight excluding hydrogens is 417 g/mol. The van der Waals surface area contributed by atoms with E-state index < -0.39 is 0 Å². The molecule has 1 saturated heterocycles. The number of para-hydroxylation sites is 1. The minimum Gasteiger partial charge on any atom is -0.399 e. The lowest BCUT2D eigenvalue weighted by Gasteiger charge is -2.32. The van der Waals surface area contributed by atoms with Gasteiger partial charge in [0.1, 0.15) is 0 Å². The van der Waals surface area contributed by atoms with E-state index in [1.165, 1.54) is 32.9 Å². The second-order valence-corrected chi connectivity index (χ2v) is 10.1. The Morgan fingerprint density at radius 2 is 1.21 bits per heavy atom. The molecule has 0 atom stereocenters. The van der Waals surface area contributed by atoms with Crippen LogP contribution < -0.4 is 5.46 Å². The monoisotopic (exact) mass is 445 g/mol. The fourth-order valence-corrected chi connectivity index (χ4v) is 4.82. The van der Waals surface area contributed by atoms with E-state index in [-0.39, 0.29) is 18.3 Å². The Balaban J connectivity index is 1.47. The minimum absolute atomic E-state index is 0.350. The molecular formula is C30H28BNO2. The van der Waals surface area contributed by atoms with Crippen LogP contribution in [0.15, 0.2) is 97.1 Å². The maximum atomic E-state index is 6.26. The van der Waals surface area contributed by atoms with Crippen molar-refractivity contribution in [3.63, 3.8) is 0 Å². The summed E-state index contributed by atoms with van der Waals surface area (Å²) in [6, 6.07) is 34.5. The summed E-state index contributed by atoms with van der Waals surface area (Å²) in [5.74, 6) is 0. The molecule has 4 aromatic carbocycles. The van der Waals surface area contributed by atoms with Gasteiger partial charge in [0, 0.05) is 16.5 Å². The largest absolute Gasteiger partial charge is 0.494 e. The van der Waals surface area contributed by atoms with Crippen molar-refractivity contribution in [2.75, 3.05) is 0 Å². The lowest BCUT2D eigenvalue weighted by Crippen LogP contribution is -2.41. The molecule has 34 heavy (non-hydrogen) atoms. The Bertz CT molecular complexity index is 1480. The Kier molecular flexibility index (Phi) is 4.74. The molecule has 2 heterocycles. The molecule has 0 aliphatic carbocycles. The fourth-order valence-electron chi connectivity index (χ4n) is 4.82. The first-order valence-corrected chi connectivity index (χ1v) is 11.9. The number of rotatable bonds is 3. The van der Waals surface area contributed by atoms with Gasteiger partial charge in [-0.25, -0.2) is 0 Å². The molecule has 1 aromatic heterocycles. The number of hydrogen-bond acceptors (Lipinski definition) is 2. The Morgan fingerprint density at radius 3 is 1.91 bits per heavy atom. The summed E-state index contributed by atoms with van der Waals surface area (Å²) in [5, 5.41) is 2.51. The van der Waals surface area contributed by atoms with Gasteiger partial charge >= 0.3 is 7.12 Å². The minimum atomic E-state index is -0.359. The van der Waals surface area contributed by atoms with Crippen LogP contribution in [0.5, 0.6) is 0 Å². The van der Waals surface area contributed by atoms with E-state index in [0.717, 1.165) is 11.2 Å². The van der Waals surface area contributed by atoms with Crippen molar-refractivity contribution in [1.82, 2.24) is 4.57 Å². The predicted molar refractivity (Wildman–Crippen MR) is 142 cm³/mol. The number of aromatic nitrogens is 1. The van der Waals surface area contributed by atoms with Crippen molar-refractivity contribution in [2.45, 2.75) is 38.9 Å². The third-order valence-electron chi connectivity index (χ3n) is 7.46. The normalized spacial score (nSPS) is 17.0. The van der Waals surface area contributed by atoms with Gasteiger partial charge in [0.25, 0.3) is 0 Å². The summed E-state index contributed by atoms with van der Waals surface area (Å²) in [4.78, 5) is 0. The van der Waals surface area contributed by atoms with Gasteiger partial charge in [-0.1, -0.05) is 72.8 Å². The SMILES string of the molecule is CC1(C)OB(c2ccc(-n3c4ccccc4c4ccc(-c5ccccc5)cc43)cc2)OC1(C)C. The summed E-state index contributed by atoms with van der Waals surface area (Å²) >= 11 is 0. The molecule has 168 valence electrons. The van der Waals surface area contributed by atoms with Gasteiger partial charge in [-0.2, -0.15) is 0 Å². The summed E-state index contributed by atoms with van der Waals surface area (Å²) < 4.78 is 14.9. The predicted octanol–water partition coefficient (Wildman–Crippen LogP) is 6.75. The molecule has 5 aromatic rings. The Morgan fingerprint density at radius 1 is 0.588 bits per heavy atom. The Labute approximate surface area is 201 Å². The van der Waals surface area contributed by atoms with E-state index in [4.69, 9.17) is 9.31 Å². The molecule has 3 nitrogen and oxygen atoms in total. The van der Waals surface area contributed by atoms with E-state index in [2.05, 4.69) is 129 Å². The van der Waals surface area contributed by atoms with E-state index in [1.807, 2.05) is 0 Å². The lowest BCUT2D eigenvalue weighted by atomic mass is 9.79. The van der Waals surface area contributed by atoms with Crippen molar-refractivity contribution < 1.29 is 9.31 Å². The van der Waals surface area contributed by atoms with Gasteiger partial charge in [-0.3, -0.25) is 0 Å². The number of hydrogen-bond donors (Lipinski definition) is 0.